The lowest BCUT2D eigenvalue weighted by Crippen LogP contribution is -2.33. The summed E-state index contributed by atoms with van der Waals surface area (Å²) in [6, 6.07) is 8.34. The van der Waals surface area contributed by atoms with Gasteiger partial charge in [-0.2, -0.15) is 0 Å². The zero-order valence-corrected chi connectivity index (χ0v) is 8.94. The third kappa shape index (κ3) is 1.96. The zero-order valence-electron chi connectivity index (χ0n) is 8.94. The molecule has 0 saturated heterocycles. The molecule has 1 aliphatic heterocycles. The Labute approximate surface area is 89.9 Å². The number of carbonyl (C=O) groups excluding carboxylic acids is 1. The van der Waals surface area contributed by atoms with Gasteiger partial charge in [0.15, 0.2) is 0 Å². The molecule has 0 bridgehead atoms. The Morgan fingerprint density at radius 3 is 3.00 bits per heavy atom. The van der Waals surface area contributed by atoms with Gasteiger partial charge >= 0.3 is 0 Å². The van der Waals surface area contributed by atoms with Gasteiger partial charge in [0.2, 0.25) is 5.91 Å². The van der Waals surface area contributed by atoms with Crippen molar-refractivity contribution in [2.75, 3.05) is 18.0 Å². The summed E-state index contributed by atoms with van der Waals surface area (Å²) in [5.41, 5.74) is 7.89. The first-order valence-corrected chi connectivity index (χ1v) is 5.30. The van der Waals surface area contributed by atoms with Gasteiger partial charge in [-0.05, 0) is 18.1 Å². The van der Waals surface area contributed by atoms with Gasteiger partial charge in [-0.3, -0.25) is 4.79 Å². The summed E-state index contributed by atoms with van der Waals surface area (Å²) in [4.78, 5) is 13.2. The van der Waals surface area contributed by atoms with Gasteiger partial charge in [0.1, 0.15) is 0 Å². The van der Waals surface area contributed by atoms with E-state index in [4.69, 9.17) is 5.73 Å². The van der Waals surface area contributed by atoms with E-state index in [1.807, 2.05) is 13.0 Å². The van der Waals surface area contributed by atoms with Crippen molar-refractivity contribution >= 4 is 11.6 Å². The molecule has 80 valence electrons. The second-order valence-electron chi connectivity index (χ2n) is 4.13. The molecular formula is C12H16N2O. The van der Waals surface area contributed by atoms with E-state index < -0.39 is 0 Å². The van der Waals surface area contributed by atoms with Crippen LogP contribution in [-0.4, -0.2) is 19.0 Å². The Bertz CT molecular complexity index is 376. The molecule has 0 aromatic heterocycles. The van der Waals surface area contributed by atoms with Gasteiger partial charge < -0.3 is 10.6 Å². The van der Waals surface area contributed by atoms with Crippen LogP contribution in [0, 0.1) is 5.92 Å². The van der Waals surface area contributed by atoms with E-state index in [0.29, 0.717) is 0 Å². The molecule has 3 heteroatoms. The number of carbonyl (C=O) groups is 1. The number of rotatable bonds is 3. The molecule has 1 unspecified atom stereocenters. The first-order chi connectivity index (χ1) is 7.18. The van der Waals surface area contributed by atoms with Crippen LogP contribution in [-0.2, 0) is 11.2 Å². The highest BCUT2D eigenvalue weighted by Gasteiger charge is 2.21. The molecule has 3 nitrogen and oxygen atoms in total. The van der Waals surface area contributed by atoms with Crippen molar-refractivity contribution in [3.8, 4) is 0 Å². The number of anilines is 1. The Balaban J connectivity index is 2.11. The molecule has 0 aliphatic carbocycles. The minimum absolute atomic E-state index is 0.0869. The largest absolute Gasteiger partial charge is 0.370 e. The normalized spacial score (nSPS) is 16.2. The number of nitrogens with two attached hydrogens (primary N) is 1. The highest BCUT2D eigenvalue weighted by Crippen LogP contribution is 2.27. The van der Waals surface area contributed by atoms with Crippen LogP contribution >= 0.6 is 0 Å². The van der Waals surface area contributed by atoms with Crippen molar-refractivity contribution in [1.29, 1.82) is 0 Å². The van der Waals surface area contributed by atoms with Gasteiger partial charge in [0.05, 0.1) is 5.92 Å². The summed E-state index contributed by atoms with van der Waals surface area (Å²) >= 11 is 0. The second-order valence-corrected chi connectivity index (χ2v) is 4.13. The zero-order chi connectivity index (χ0) is 10.8. The molecule has 0 radical (unpaired) electrons. The molecule has 0 fully saturated rings. The number of para-hydroxylation sites is 1. The molecule has 2 rings (SSSR count). The summed E-state index contributed by atoms with van der Waals surface area (Å²) in [7, 11) is 0. The summed E-state index contributed by atoms with van der Waals surface area (Å²) in [5, 5.41) is 0. The molecule has 15 heavy (non-hydrogen) atoms. The standard InChI is InChI=1S/C12H16N2O/c1-9(12(13)15)8-14-7-6-10-4-2-3-5-11(10)14/h2-5,9H,6-8H2,1H3,(H2,13,15). The Hall–Kier alpha value is -1.51. The average molecular weight is 204 g/mol. The van der Waals surface area contributed by atoms with Crippen molar-refractivity contribution in [1.82, 2.24) is 0 Å². The minimum atomic E-state index is -0.223. The molecule has 1 aromatic rings. The quantitative estimate of drug-likeness (QED) is 0.803. The van der Waals surface area contributed by atoms with E-state index in [1.165, 1.54) is 11.3 Å². The van der Waals surface area contributed by atoms with Crippen LogP contribution in [0.5, 0.6) is 0 Å². The van der Waals surface area contributed by atoms with E-state index in [0.717, 1.165) is 19.5 Å². The lowest BCUT2D eigenvalue weighted by Gasteiger charge is -2.21. The fourth-order valence-electron chi connectivity index (χ4n) is 2.02. The molecule has 1 amide bonds. The van der Waals surface area contributed by atoms with Crippen LogP contribution in [0.2, 0.25) is 0 Å². The summed E-state index contributed by atoms with van der Waals surface area (Å²) in [6.45, 7) is 3.60. The Kier molecular flexibility index (Phi) is 2.62. The van der Waals surface area contributed by atoms with Crippen molar-refractivity contribution in [3.63, 3.8) is 0 Å². The summed E-state index contributed by atoms with van der Waals surface area (Å²) in [5.74, 6) is -0.310. The molecule has 1 heterocycles. The number of nitrogens with zero attached hydrogens (tertiary/aromatic N) is 1. The van der Waals surface area contributed by atoms with Crippen LogP contribution in [0.15, 0.2) is 24.3 Å². The number of hydrogen-bond donors (Lipinski definition) is 1. The lowest BCUT2D eigenvalue weighted by atomic mass is 10.1. The highest BCUT2D eigenvalue weighted by atomic mass is 16.1. The van der Waals surface area contributed by atoms with E-state index in [-0.39, 0.29) is 11.8 Å². The van der Waals surface area contributed by atoms with Gasteiger partial charge in [-0.25, -0.2) is 0 Å². The fourth-order valence-corrected chi connectivity index (χ4v) is 2.02. The maximum absolute atomic E-state index is 11.0. The van der Waals surface area contributed by atoms with Crippen molar-refractivity contribution in [3.05, 3.63) is 29.8 Å². The Morgan fingerprint density at radius 2 is 2.27 bits per heavy atom. The molecule has 0 saturated carbocycles. The minimum Gasteiger partial charge on any atom is -0.370 e. The molecule has 2 N–H and O–H groups in total. The van der Waals surface area contributed by atoms with Crippen molar-refractivity contribution in [2.24, 2.45) is 11.7 Å². The van der Waals surface area contributed by atoms with Gasteiger partial charge in [0.25, 0.3) is 0 Å². The van der Waals surface area contributed by atoms with E-state index in [2.05, 4.69) is 23.1 Å². The van der Waals surface area contributed by atoms with Crippen LogP contribution in [0.4, 0.5) is 5.69 Å². The van der Waals surface area contributed by atoms with Gasteiger partial charge in [0, 0.05) is 18.8 Å². The molecule has 0 spiro atoms. The van der Waals surface area contributed by atoms with Crippen LogP contribution < -0.4 is 10.6 Å². The number of hydrogen-bond acceptors (Lipinski definition) is 2. The average Bonchev–Trinajstić information content (AvgIpc) is 2.62. The highest BCUT2D eigenvalue weighted by molar-refractivity contribution is 5.77. The first-order valence-electron chi connectivity index (χ1n) is 5.30. The topological polar surface area (TPSA) is 46.3 Å². The van der Waals surface area contributed by atoms with Gasteiger partial charge in [-0.15, -0.1) is 0 Å². The van der Waals surface area contributed by atoms with Crippen LogP contribution in [0.3, 0.4) is 0 Å². The first kappa shape index (κ1) is 10.0. The van der Waals surface area contributed by atoms with Crippen molar-refractivity contribution in [2.45, 2.75) is 13.3 Å². The Morgan fingerprint density at radius 1 is 1.53 bits per heavy atom. The number of fused-ring (bicyclic) bond motifs is 1. The predicted octanol–water partition coefficient (Wildman–Crippen LogP) is 1.17. The van der Waals surface area contributed by atoms with E-state index in [1.54, 1.807) is 0 Å². The molecule has 1 aromatic carbocycles. The third-order valence-corrected chi connectivity index (χ3v) is 2.96. The second kappa shape index (κ2) is 3.93. The maximum atomic E-state index is 11.0. The number of amides is 1. The fraction of sp³-hybridized carbons (Fsp3) is 0.417. The number of benzene rings is 1. The summed E-state index contributed by atoms with van der Waals surface area (Å²) in [6.07, 6.45) is 1.07. The monoisotopic (exact) mass is 204 g/mol. The SMILES string of the molecule is CC(CN1CCc2ccccc21)C(N)=O. The molecule has 1 atom stereocenters. The smallest absolute Gasteiger partial charge is 0.222 e. The van der Waals surface area contributed by atoms with E-state index in [9.17, 15) is 4.79 Å². The lowest BCUT2D eigenvalue weighted by molar-refractivity contribution is -0.121. The van der Waals surface area contributed by atoms with Gasteiger partial charge in [-0.1, -0.05) is 25.1 Å². The predicted molar refractivity (Wildman–Crippen MR) is 60.7 cm³/mol. The number of primary amides is 1. The van der Waals surface area contributed by atoms with Crippen molar-refractivity contribution < 1.29 is 4.79 Å². The van der Waals surface area contributed by atoms with Crippen LogP contribution in [0.1, 0.15) is 12.5 Å². The third-order valence-electron chi connectivity index (χ3n) is 2.96. The maximum Gasteiger partial charge on any atom is 0.222 e. The molecule has 1 aliphatic rings. The van der Waals surface area contributed by atoms with Crippen LogP contribution in [0.25, 0.3) is 0 Å². The molecular weight excluding hydrogens is 188 g/mol. The summed E-state index contributed by atoms with van der Waals surface area (Å²) < 4.78 is 0. The van der Waals surface area contributed by atoms with E-state index >= 15 is 0 Å².